The van der Waals surface area contributed by atoms with E-state index in [1.807, 2.05) is 68.5 Å². The van der Waals surface area contributed by atoms with E-state index in [4.69, 9.17) is 0 Å². The molecule has 2 rings (SSSR count). The second-order valence-corrected chi connectivity index (χ2v) is 4.47. The summed E-state index contributed by atoms with van der Waals surface area (Å²) >= 11 is 0. The molecule has 2 aromatic rings. The van der Waals surface area contributed by atoms with Crippen molar-refractivity contribution in [3.8, 4) is 0 Å². The molecule has 0 bridgehead atoms. The van der Waals surface area contributed by atoms with Crippen molar-refractivity contribution in [1.82, 2.24) is 0 Å². The lowest BCUT2D eigenvalue weighted by Gasteiger charge is -2.05. The van der Waals surface area contributed by atoms with Crippen molar-refractivity contribution in [2.45, 2.75) is 26.2 Å². The van der Waals surface area contributed by atoms with E-state index in [2.05, 4.69) is 18.2 Å². The molecule has 0 aliphatic rings. The van der Waals surface area contributed by atoms with Crippen molar-refractivity contribution in [1.29, 1.82) is 0 Å². The van der Waals surface area contributed by atoms with Crippen LogP contribution in [0.1, 0.15) is 37.3 Å². The van der Waals surface area contributed by atoms with Gasteiger partial charge in [-0.25, -0.2) is 0 Å². The predicted octanol–water partition coefficient (Wildman–Crippen LogP) is 5.10. The predicted molar refractivity (Wildman–Crippen MR) is 86.7 cm³/mol. The molecule has 0 amide bonds. The second kappa shape index (κ2) is 9.74. The molecule has 0 heterocycles. The molecule has 0 saturated heterocycles. The van der Waals surface area contributed by atoms with Gasteiger partial charge in [0.15, 0.2) is 0 Å². The van der Waals surface area contributed by atoms with E-state index in [0.29, 0.717) is 0 Å². The average molecular weight is 266 g/mol. The first-order valence-corrected chi connectivity index (χ1v) is 6.99. The summed E-state index contributed by atoms with van der Waals surface area (Å²) in [5, 5.41) is 0. The van der Waals surface area contributed by atoms with Crippen LogP contribution < -0.4 is 0 Å². The normalized spacial score (nSPS) is 11.5. The minimum Gasteiger partial charge on any atom is -0.303 e. The lowest BCUT2D eigenvalue weighted by molar-refractivity contribution is -0.109. The first-order chi connectivity index (χ1) is 9.81. The smallest absolute Gasteiger partial charge is 0.127 e. The molecule has 1 atom stereocenters. The lowest BCUT2D eigenvalue weighted by atomic mass is 9.98. The highest BCUT2D eigenvalue weighted by Gasteiger charge is 2.04. The van der Waals surface area contributed by atoms with E-state index in [0.717, 1.165) is 18.3 Å². The Morgan fingerprint density at radius 3 is 1.95 bits per heavy atom. The van der Waals surface area contributed by atoms with Crippen LogP contribution in [0.3, 0.4) is 0 Å². The van der Waals surface area contributed by atoms with Crippen LogP contribution in [0.5, 0.6) is 0 Å². The zero-order valence-electron chi connectivity index (χ0n) is 12.2. The van der Waals surface area contributed by atoms with Crippen molar-refractivity contribution < 1.29 is 4.79 Å². The number of hydrogen-bond acceptors (Lipinski definition) is 1. The van der Waals surface area contributed by atoms with Crippen LogP contribution in [0.25, 0.3) is 6.08 Å². The summed E-state index contributed by atoms with van der Waals surface area (Å²) in [6.07, 6.45) is 6.01. The van der Waals surface area contributed by atoms with Crippen LogP contribution >= 0.6 is 0 Å². The summed E-state index contributed by atoms with van der Waals surface area (Å²) in [7, 11) is 0. The first-order valence-electron chi connectivity index (χ1n) is 6.99. The van der Waals surface area contributed by atoms with Gasteiger partial charge in [-0.3, -0.25) is 0 Å². The molecule has 0 fully saturated rings. The summed E-state index contributed by atoms with van der Waals surface area (Å²) in [4.78, 5) is 10.5. The van der Waals surface area contributed by atoms with Crippen molar-refractivity contribution >= 4 is 12.4 Å². The Hall–Kier alpha value is -2.15. The van der Waals surface area contributed by atoms with E-state index >= 15 is 0 Å². The van der Waals surface area contributed by atoms with Gasteiger partial charge in [0.05, 0.1) is 0 Å². The Balaban J connectivity index is 0.000000204. The fourth-order valence-electron chi connectivity index (χ4n) is 1.87. The van der Waals surface area contributed by atoms with E-state index in [9.17, 15) is 4.79 Å². The highest BCUT2D eigenvalue weighted by Crippen LogP contribution is 2.15. The molecule has 0 aliphatic carbocycles. The van der Waals surface area contributed by atoms with Crippen molar-refractivity contribution in [3.05, 3.63) is 77.9 Å². The lowest BCUT2D eigenvalue weighted by Crippen LogP contribution is -1.96. The largest absolute Gasteiger partial charge is 0.303 e. The number of allylic oxidation sites excluding steroid dienone is 1. The molecule has 0 N–H and O–H groups in total. The molecule has 0 aliphatic heterocycles. The standard InChI is InChI=1S/C10H12O.C9H10/c1-2-9(8-11)10-6-4-3-5-7-10;1-2-6-9-7-4-3-5-8-9/h3-9H,2H2,1H3;2-8H,1H3/b;6-2+. The molecule has 0 aromatic heterocycles. The fourth-order valence-corrected chi connectivity index (χ4v) is 1.87. The van der Waals surface area contributed by atoms with Gasteiger partial charge in [0, 0.05) is 5.92 Å². The van der Waals surface area contributed by atoms with E-state index in [-0.39, 0.29) is 5.92 Å². The Morgan fingerprint density at radius 2 is 1.50 bits per heavy atom. The molecule has 2 aromatic carbocycles. The quantitative estimate of drug-likeness (QED) is 0.704. The molecule has 1 nitrogen and oxygen atoms in total. The SMILES string of the molecule is C/C=C/c1ccccc1.CCC(C=O)c1ccccc1. The summed E-state index contributed by atoms with van der Waals surface area (Å²) in [5.74, 6) is 0.0798. The third-order valence-electron chi connectivity index (χ3n) is 2.99. The van der Waals surface area contributed by atoms with Gasteiger partial charge < -0.3 is 4.79 Å². The molecule has 1 heteroatoms. The molecule has 0 saturated carbocycles. The van der Waals surface area contributed by atoms with E-state index in [1.165, 1.54) is 5.56 Å². The zero-order valence-corrected chi connectivity index (χ0v) is 12.2. The number of hydrogen-bond donors (Lipinski definition) is 0. The van der Waals surface area contributed by atoms with Gasteiger partial charge in [0.25, 0.3) is 0 Å². The second-order valence-electron chi connectivity index (χ2n) is 4.47. The average Bonchev–Trinajstić information content (AvgIpc) is 2.52. The van der Waals surface area contributed by atoms with Crippen molar-refractivity contribution in [2.24, 2.45) is 0 Å². The highest BCUT2D eigenvalue weighted by atomic mass is 16.1. The van der Waals surface area contributed by atoms with Crippen LogP contribution in [0, 0.1) is 0 Å². The first kappa shape index (κ1) is 15.9. The van der Waals surface area contributed by atoms with Crippen molar-refractivity contribution in [2.75, 3.05) is 0 Å². The molecular weight excluding hydrogens is 244 g/mol. The molecule has 104 valence electrons. The summed E-state index contributed by atoms with van der Waals surface area (Å²) in [6, 6.07) is 20.1. The van der Waals surface area contributed by atoms with Gasteiger partial charge in [0.1, 0.15) is 6.29 Å². The number of carbonyl (C=O) groups excluding carboxylic acids is 1. The monoisotopic (exact) mass is 266 g/mol. The summed E-state index contributed by atoms with van der Waals surface area (Å²) in [5.41, 5.74) is 2.38. The Labute approximate surface area is 122 Å². The van der Waals surface area contributed by atoms with Gasteiger partial charge in [-0.2, -0.15) is 0 Å². The van der Waals surface area contributed by atoms with Crippen molar-refractivity contribution in [3.63, 3.8) is 0 Å². The van der Waals surface area contributed by atoms with Crippen LogP contribution in [0.15, 0.2) is 66.7 Å². The highest BCUT2D eigenvalue weighted by molar-refractivity contribution is 5.61. The van der Waals surface area contributed by atoms with E-state index in [1.54, 1.807) is 0 Å². The number of benzene rings is 2. The van der Waals surface area contributed by atoms with E-state index < -0.39 is 0 Å². The number of carbonyl (C=O) groups is 1. The Bertz CT molecular complexity index is 500. The van der Waals surface area contributed by atoms with Crippen LogP contribution in [-0.4, -0.2) is 6.29 Å². The molecule has 0 radical (unpaired) electrons. The maximum atomic E-state index is 10.5. The summed E-state index contributed by atoms with van der Waals surface area (Å²) < 4.78 is 0. The van der Waals surface area contributed by atoms with Crippen LogP contribution in [-0.2, 0) is 4.79 Å². The third-order valence-corrected chi connectivity index (χ3v) is 2.99. The Kier molecular flexibility index (Phi) is 7.74. The van der Waals surface area contributed by atoms with Crippen LogP contribution in [0.2, 0.25) is 0 Å². The zero-order chi connectivity index (χ0) is 14.6. The molecular formula is C19H22O. The fraction of sp³-hybridized carbons (Fsp3) is 0.211. The maximum absolute atomic E-state index is 10.5. The molecule has 20 heavy (non-hydrogen) atoms. The van der Waals surface area contributed by atoms with Gasteiger partial charge in [-0.15, -0.1) is 0 Å². The van der Waals surface area contributed by atoms with Gasteiger partial charge in [0.2, 0.25) is 0 Å². The third kappa shape index (κ3) is 5.66. The van der Waals surface area contributed by atoms with Gasteiger partial charge in [-0.1, -0.05) is 79.7 Å². The molecule has 0 spiro atoms. The van der Waals surface area contributed by atoms with Gasteiger partial charge in [-0.05, 0) is 24.5 Å². The Morgan fingerprint density at radius 1 is 0.950 bits per heavy atom. The molecule has 1 unspecified atom stereocenters. The van der Waals surface area contributed by atoms with Crippen LogP contribution in [0.4, 0.5) is 0 Å². The maximum Gasteiger partial charge on any atom is 0.127 e. The summed E-state index contributed by atoms with van der Waals surface area (Å²) in [6.45, 7) is 4.04. The minimum atomic E-state index is 0.0798. The minimum absolute atomic E-state index is 0.0798. The number of aldehydes is 1. The topological polar surface area (TPSA) is 17.1 Å². The number of rotatable bonds is 4. The van der Waals surface area contributed by atoms with Gasteiger partial charge >= 0.3 is 0 Å².